The third-order valence-electron chi connectivity index (χ3n) is 5.73. The molecular formula is C20H19N5O5S. The van der Waals surface area contributed by atoms with E-state index in [1.54, 1.807) is 18.2 Å². The average molecular weight is 441 g/mol. The summed E-state index contributed by atoms with van der Waals surface area (Å²) in [5.41, 5.74) is 0.303. The molecule has 0 saturated carbocycles. The van der Waals surface area contributed by atoms with Crippen LogP contribution in [0.4, 0.5) is 5.69 Å². The van der Waals surface area contributed by atoms with E-state index in [1.807, 2.05) is 4.90 Å². The summed E-state index contributed by atoms with van der Waals surface area (Å²) in [7, 11) is -3.89. The third-order valence-corrected chi connectivity index (χ3v) is 7.52. The van der Waals surface area contributed by atoms with Crippen LogP contribution in [-0.4, -0.2) is 58.7 Å². The minimum Gasteiger partial charge on any atom is -0.267 e. The topological polar surface area (TPSA) is 116 Å². The van der Waals surface area contributed by atoms with Crippen molar-refractivity contribution in [1.82, 2.24) is 14.2 Å². The molecule has 1 amide bonds. The molecule has 0 bridgehead atoms. The lowest BCUT2D eigenvalue weighted by molar-refractivity contribution is -0.384. The van der Waals surface area contributed by atoms with Crippen LogP contribution >= 0.6 is 0 Å². The van der Waals surface area contributed by atoms with Gasteiger partial charge in [0.15, 0.2) is 12.1 Å². The summed E-state index contributed by atoms with van der Waals surface area (Å²) in [5.74, 6) is -0.390. The molecule has 10 nitrogen and oxygen atoms in total. The highest BCUT2D eigenvalue weighted by atomic mass is 32.2. The summed E-state index contributed by atoms with van der Waals surface area (Å²) < 4.78 is 27.9. The molecule has 1 fully saturated rings. The van der Waals surface area contributed by atoms with Gasteiger partial charge < -0.3 is 0 Å². The van der Waals surface area contributed by atoms with Gasteiger partial charge in [0.1, 0.15) is 0 Å². The van der Waals surface area contributed by atoms with Gasteiger partial charge in [0.05, 0.1) is 9.82 Å². The normalized spacial score (nSPS) is 22.1. The summed E-state index contributed by atoms with van der Waals surface area (Å²) in [4.78, 5) is 26.0. The number of nitro groups is 1. The highest BCUT2D eigenvalue weighted by molar-refractivity contribution is 7.90. The number of nitro benzene ring substituents is 1. The van der Waals surface area contributed by atoms with Crippen molar-refractivity contribution in [3.05, 3.63) is 69.8 Å². The van der Waals surface area contributed by atoms with Gasteiger partial charge in [0, 0.05) is 36.3 Å². The van der Waals surface area contributed by atoms with Crippen LogP contribution in [0.2, 0.25) is 0 Å². The Labute approximate surface area is 178 Å². The number of likely N-dealkylation sites (tertiary alicyclic amines) is 1. The predicted octanol–water partition coefficient (Wildman–Crippen LogP) is 2.19. The van der Waals surface area contributed by atoms with Crippen LogP contribution in [0, 0.1) is 10.1 Å². The molecule has 2 aromatic rings. The second kappa shape index (κ2) is 7.13. The highest BCUT2D eigenvalue weighted by Crippen LogP contribution is 2.39. The lowest BCUT2D eigenvalue weighted by Crippen LogP contribution is -2.56. The standard InChI is InChI=1S/C20H19N5O5S/c26-19(14-7-6-8-15(13-14)25(27)28)23-20(22-11-4-1-5-12-22)24-18(21-23)16-9-2-3-10-17(16)31(24,29)30/h2-3,6-10,13,20H,1,4-5,11-12H2/t20-/m0/s1. The van der Waals surface area contributed by atoms with Crippen molar-refractivity contribution in [3.63, 3.8) is 0 Å². The third kappa shape index (κ3) is 3.00. The first-order chi connectivity index (χ1) is 14.9. The minimum absolute atomic E-state index is 0.0763. The first-order valence-electron chi connectivity index (χ1n) is 9.94. The van der Waals surface area contributed by atoms with Gasteiger partial charge in [-0.25, -0.2) is 12.7 Å². The quantitative estimate of drug-likeness (QED) is 0.532. The number of non-ortho nitro benzene ring substituents is 1. The van der Waals surface area contributed by atoms with Crippen molar-refractivity contribution in [1.29, 1.82) is 0 Å². The average Bonchev–Trinajstić information content (AvgIpc) is 3.29. The number of piperidine rings is 1. The summed E-state index contributed by atoms with van der Waals surface area (Å²) in [6.07, 6.45) is 1.85. The maximum absolute atomic E-state index is 13.4. The number of carbonyl (C=O) groups excluding carboxylic acids is 1. The second-order valence-corrected chi connectivity index (χ2v) is 9.40. The Morgan fingerprint density at radius 1 is 1.06 bits per heavy atom. The van der Waals surface area contributed by atoms with Crippen molar-refractivity contribution < 1.29 is 18.1 Å². The first kappa shape index (κ1) is 19.6. The van der Waals surface area contributed by atoms with E-state index < -0.39 is 27.1 Å². The molecule has 0 unspecified atom stereocenters. The number of hydrogen-bond acceptors (Lipinski definition) is 7. The zero-order chi connectivity index (χ0) is 21.8. The van der Waals surface area contributed by atoms with Gasteiger partial charge in [-0.3, -0.25) is 19.8 Å². The molecule has 3 aliphatic rings. The fourth-order valence-electron chi connectivity index (χ4n) is 4.29. The molecule has 3 heterocycles. The number of benzene rings is 2. The fraction of sp³-hybridized carbons (Fsp3) is 0.300. The molecule has 2 aromatic carbocycles. The van der Waals surface area contributed by atoms with Crippen molar-refractivity contribution >= 4 is 27.5 Å². The fourth-order valence-corrected chi connectivity index (χ4v) is 6.02. The number of amidine groups is 1. The molecule has 1 saturated heterocycles. The van der Waals surface area contributed by atoms with E-state index in [0.717, 1.165) is 24.3 Å². The van der Waals surface area contributed by atoms with E-state index in [2.05, 4.69) is 5.10 Å². The highest BCUT2D eigenvalue weighted by Gasteiger charge is 2.53. The van der Waals surface area contributed by atoms with E-state index in [9.17, 15) is 23.3 Å². The minimum atomic E-state index is -3.89. The van der Waals surface area contributed by atoms with Crippen LogP contribution in [0.3, 0.4) is 0 Å². The molecule has 5 rings (SSSR count). The van der Waals surface area contributed by atoms with Crippen molar-refractivity contribution in [3.8, 4) is 0 Å². The van der Waals surface area contributed by atoms with Gasteiger partial charge in [-0.05, 0) is 31.0 Å². The molecular weight excluding hydrogens is 422 g/mol. The van der Waals surface area contributed by atoms with E-state index in [1.165, 1.54) is 34.6 Å². The van der Waals surface area contributed by atoms with Crippen molar-refractivity contribution in [2.75, 3.05) is 13.1 Å². The Bertz CT molecular complexity index is 1220. The number of fused-ring (bicyclic) bond motifs is 3. The lowest BCUT2D eigenvalue weighted by atomic mass is 10.1. The summed E-state index contributed by atoms with van der Waals surface area (Å²) in [6, 6.07) is 12.0. The Balaban J connectivity index is 1.62. The Morgan fingerprint density at radius 2 is 1.81 bits per heavy atom. The van der Waals surface area contributed by atoms with Gasteiger partial charge in [0.25, 0.3) is 21.6 Å². The SMILES string of the molecule is O=C(c1cccc([N+](=O)[O-])c1)N1N=C2c3ccccc3S(=O)(=O)N2[C@H]1N1CCCCC1. The molecule has 11 heteroatoms. The summed E-state index contributed by atoms with van der Waals surface area (Å²) in [5, 5.41) is 16.7. The first-order valence-corrected chi connectivity index (χ1v) is 11.4. The van der Waals surface area contributed by atoms with Gasteiger partial charge in [0.2, 0.25) is 0 Å². The van der Waals surface area contributed by atoms with Crippen molar-refractivity contribution in [2.24, 2.45) is 5.10 Å². The molecule has 1 atom stereocenters. The Kier molecular flexibility index (Phi) is 4.52. The Morgan fingerprint density at radius 3 is 2.55 bits per heavy atom. The van der Waals surface area contributed by atoms with Crippen LogP contribution in [0.15, 0.2) is 58.5 Å². The van der Waals surface area contributed by atoms with Crippen LogP contribution < -0.4 is 0 Å². The van der Waals surface area contributed by atoms with Gasteiger partial charge >= 0.3 is 0 Å². The van der Waals surface area contributed by atoms with Crippen LogP contribution in [-0.2, 0) is 10.0 Å². The van der Waals surface area contributed by atoms with Crippen LogP contribution in [0.1, 0.15) is 35.2 Å². The van der Waals surface area contributed by atoms with Gasteiger partial charge in [-0.2, -0.15) is 5.01 Å². The maximum atomic E-state index is 13.4. The number of carbonyl (C=O) groups is 1. The number of nitrogens with zero attached hydrogens (tertiary/aromatic N) is 5. The molecule has 0 aliphatic carbocycles. The number of rotatable bonds is 3. The van der Waals surface area contributed by atoms with Gasteiger partial charge in [-0.15, -0.1) is 5.10 Å². The monoisotopic (exact) mass is 441 g/mol. The summed E-state index contributed by atoms with van der Waals surface area (Å²) in [6.45, 7) is 1.24. The number of amides is 1. The maximum Gasteiger partial charge on any atom is 0.277 e. The molecule has 0 aromatic heterocycles. The smallest absolute Gasteiger partial charge is 0.267 e. The molecule has 160 valence electrons. The molecule has 3 aliphatic heterocycles. The number of sulfonamides is 1. The van der Waals surface area contributed by atoms with Gasteiger partial charge in [-0.1, -0.05) is 24.6 Å². The van der Waals surface area contributed by atoms with E-state index in [0.29, 0.717) is 18.7 Å². The van der Waals surface area contributed by atoms with E-state index in [-0.39, 0.29) is 22.0 Å². The molecule has 31 heavy (non-hydrogen) atoms. The van der Waals surface area contributed by atoms with Crippen LogP contribution in [0.5, 0.6) is 0 Å². The van der Waals surface area contributed by atoms with E-state index in [4.69, 9.17) is 0 Å². The molecule has 0 radical (unpaired) electrons. The largest absolute Gasteiger partial charge is 0.277 e. The molecule has 0 N–H and O–H groups in total. The Hall–Kier alpha value is -3.31. The summed E-state index contributed by atoms with van der Waals surface area (Å²) >= 11 is 0. The predicted molar refractivity (Wildman–Crippen MR) is 110 cm³/mol. The number of hydrazone groups is 1. The van der Waals surface area contributed by atoms with Crippen LogP contribution in [0.25, 0.3) is 0 Å². The lowest BCUT2D eigenvalue weighted by Gasteiger charge is -2.38. The zero-order valence-electron chi connectivity index (χ0n) is 16.4. The van der Waals surface area contributed by atoms with E-state index >= 15 is 0 Å². The zero-order valence-corrected chi connectivity index (χ0v) is 17.2. The second-order valence-electron chi connectivity index (χ2n) is 7.62. The number of hydrogen-bond donors (Lipinski definition) is 0. The van der Waals surface area contributed by atoms with Crippen molar-refractivity contribution in [2.45, 2.75) is 30.4 Å². The molecule has 0 spiro atoms.